The van der Waals surface area contributed by atoms with Gasteiger partial charge in [-0.05, 0) is 63.6 Å². The van der Waals surface area contributed by atoms with E-state index in [1.165, 1.54) is 0 Å². The van der Waals surface area contributed by atoms with Gasteiger partial charge in [0.1, 0.15) is 0 Å². The van der Waals surface area contributed by atoms with Crippen LogP contribution in [0.1, 0.15) is 50.9 Å². The van der Waals surface area contributed by atoms with Crippen molar-refractivity contribution in [2.24, 2.45) is 0 Å². The summed E-state index contributed by atoms with van der Waals surface area (Å²) >= 11 is 0. The fraction of sp³-hybridized carbons (Fsp3) is 0.348. The normalized spacial score (nSPS) is 10.8. The fourth-order valence-corrected chi connectivity index (χ4v) is 2.70. The lowest BCUT2D eigenvalue weighted by Gasteiger charge is -2.20. The summed E-state index contributed by atoms with van der Waals surface area (Å²) in [4.78, 5) is 36.3. The zero-order chi connectivity index (χ0) is 22.1. The summed E-state index contributed by atoms with van der Waals surface area (Å²) in [5, 5.41) is 11.5. The first-order chi connectivity index (χ1) is 14.2. The number of amides is 3. The van der Waals surface area contributed by atoms with Gasteiger partial charge in [-0.25, -0.2) is 0 Å². The molecule has 0 saturated carbocycles. The van der Waals surface area contributed by atoms with Crippen molar-refractivity contribution in [3.05, 3.63) is 54.1 Å². The maximum Gasteiger partial charge on any atom is 0.251 e. The first-order valence-corrected chi connectivity index (χ1v) is 10.0. The third kappa shape index (κ3) is 7.95. The standard InChI is InChI=1S/C23H30N4O3/c1-5-8-20(28)25-18-11-7-12-19(14-18)26-21(29)15-24-17-10-6-9-16(13-17)22(30)27-23(2,3)4/h6-7,9-14,24H,5,8,15H2,1-4H3,(H,25,28)(H,26,29)(H,27,30). The van der Waals surface area contributed by atoms with Gasteiger partial charge in [-0.15, -0.1) is 0 Å². The van der Waals surface area contributed by atoms with Crippen LogP contribution in [0.2, 0.25) is 0 Å². The van der Waals surface area contributed by atoms with Gasteiger partial charge in [-0.1, -0.05) is 19.1 Å². The summed E-state index contributed by atoms with van der Waals surface area (Å²) in [5.41, 5.74) is 2.09. The van der Waals surface area contributed by atoms with Gasteiger partial charge in [-0.3, -0.25) is 14.4 Å². The summed E-state index contributed by atoms with van der Waals surface area (Å²) in [6.07, 6.45) is 1.22. The molecular formula is C23H30N4O3. The lowest BCUT2D eigenvalue weighted by Crippen LogP contribution is -2.40. The van der Waals surface area contributed by atoms with E-state index in [1.54, 1.807) is 48.5 Å². The summed E-state index contributed by atoms with van der Waals surface area (Å²) in [7, 11) is 0. The Balaban J connectivity index is 1.91. The fourth-order valence-electron chi connectivity index (χ4n) is 2.70. The molecule has 0 heterocycles. The second kappa shape index (κ2) is 10.4. The number of hydrogen-bond acceptors (Lipinski definition) is 4. The van der Waals surface area contributed by atoms with Crippen molar-refractivity contribution in [1.29, 1.82) is 0 Å². The number of hydrogen-bond donors (Lipinski definition) is 4. The molecule has 4 N–H and O–H groups in total. The highest BCUT2D eigenvalue weighted by Crippen LogP contribution is 2.16. The molecule has 0 aliphatic carbocycles. The Morgan fingerprint density at radius 2 is 1.43 bits per heavy atom. The summed E-state index contributed by atoms with van der Waals surface area (Å²) in [5.74, 6) is -0.466. The minimum atomic E-state index is -0.328. The van der Waals surface area contributed by atoms with Gasteiger partial charge in [0, 0.05) is 34.6 Å². The number of carbonyl (C=O) groups excluding carboxylic acids is 3. The Labute approximate surface area is 177 Å². The van der Waals surface area contributed by atoms with E-state index < -0.39 is 0 Å². The van der Waals surface area contributed by atoms with Crippen molar-refractivity contribution in [3.8, 4) is 0 Å². The Morgan fingerprint density at radius 3 is 2.07 bits per heavy atom. The van der Waals surface area contributed by atoms with E-state index in [1.807, 2.05) is 27.7 Å². The number of nitrogens with one attached hydrogen (secondary N) is 4. The van der Waals surface area contributed by atoms with Gasteiger partial charge in [0.05, 0.1) is 6.54 Å². The molecule has 160 valence electrons. The Bertz CT molecular complexity index is 903. The lowest BCUT2D eigenvalue weighted by molar-refractivity contribution is -0.116. The molecule has 30 heavy (non-hydrogen) atoms. The average Bonchev–Trinajstić information content (AvgIpc) is 2.66. The molecule has 0 aliphatic rings. The van der Waals surface area contributed by atoms with E-state index in [4.69, 9.17) is 0 Å². The van der Waals surface area contributed by atoms with E-state index in [0.717, 1.165) is 6.42 Å². The molecule has 0 aromatic heterocycles. The van der Waals surface area contributed by atoms with Crippen LogP contribution in [0.4, 0.5) is 17.1 Å². The molecule has 0 atom stereocenters. The molecule has 0 spiro atoms. The monoisotopic (exact) mass is 410 g/mol. The summed E-state index contributed by atoms with van der Waals surface area (Å²) in [6, 6.07) is 14.0. The molecule has 0 unspecified atom stereocenters. The molecular weight excluding hydrogens is 380 g/mol. The van der Waals surface area contributed by atoms with Crippen molar-refractivity contribution in [2.75, 3.05) is 22.5 Å². The van der Waals surface area contributed by atoms with Crippen LogP contribution in [0.3, 0.4) is 0 Å². The van der Waals surface area contributed by atoms with E-state index in [-0.39, 0.29) is 29.8 Å². The number of carbonyl (C=O) groups is 3. The predicted octanol–water partition coefficient (Wildman–Crippen LogP) is 4.00. The van der Waals surface area contributed by atoms with Crippen LogP contribution in [-0.4, -0.2) is 29.8 Å². The van der Waals surface area contributed by atoms with Crippen LogP contribution in [0, 0.1) is 0 Å². The molecule has 0 radical (unpaired) electrons. The molecule has 2 rings (SSSR count). The van der Waals surface area contributed by atoms with Gasteiger partial charge in [-0.2, -0.15) is 0 Å². The molecule has 2 aromatic carbocycles. The highest BCUT2D eigenvalue weighted by Gasteiger charge is 2.15. The van der Waals surface area contributed by atoms with Crippen molar-refractivity contribution < 1.29 is 14.4 Å². The first-order valence-electron chi connectivity index (χ1n) is 10.0. The minimum absolute atomic E-state index is 0.0385. The molecule has 2 aromatic rings. The quantitative estimate of drug-likeness (QED) is 0.528. The van der Waals surface area contributed by atoms with Gasteiger partial charge >= 0.3 is 0 Å². The van der Waals surface area contributed by atoms with Crippen LogP contribution in [-0.2, 0) is 9.59 Å². The molecule has 7 heteroatoms. The second-order valence-electron chi connectivity index (χ2n) is 8.07. The molecule has 7 nitrogen and oxygen atoms in total. The summed E-state index contributed by atoms with van der Waals surface area (Å²) in [6.45, 7) is 7.73. The van der Waals surface area contributed by atoms with E-state index >= 15 is 0 Å². The molecule has 0 bridgehead atoms. The van der Waals surface area contributed by atoms with Gasteiger partial charge in [0.25, 0.3) is 5.91 Å². The lowest BCUT2D eigenvalue weighted by atomic mass is 10.1. The molecule has 0 aliphatic heterocycles. The van der Waals surface area contributed by atoms with Crippen molar-refractivity contribution in [1.82, 2.24) is 5.32 Å². The molecule has 0 saturated heterocycles. The maximum absolute atomic E-state index is 12.3. The smallest absolute Gasteiger partial charge is 0.251 e. The number of rotatable bonds is 8. The average molecular weight is 411 g/mol. The van der Waals surface area contributed by atoms with Crippen molar-refractivity contribution in [3.63, 3.8) is 0 Å². The Kier molecular flexibility index (Phi) is 7.98. The molecule has 0 fully saturated rings. The van der Waals surface area contributed by atoms with Crippen molar-refractivity contribution >= 4 is 34.8 Å². The van der Waals surface area contributed by atoms with Gasteiger partial charge in [0.15, 0.2) is 0 Å². The van der Waals surface area contributed by atoms with E-state index in [9.17, 15) is 14.4 Å². The highest BCUT2D eigenvalue weighted by atomic mass is 16.2. The second-order valence-corrected chi connectivity index (χ2v) is 8.07. The third-order valence-corrected chi connectivity index (χ3v) is 3.97. The third-order valence-electron chi connectivity index (χ3n) is 3.97. The maximum atomic E-state index is 12.3. The Hall–Kier alpha value is -3.35. The topological polar surface area (TPSA) is 99.3 Å². The predicted molar refractivity (Wildman–Crippen MR) is 121 cm³/mol. The van der Waals surface area contributed by atoms with Crippen molar-refractivity contribution in [2.45, 2.75) is 46.1 Å². The molecule has 3 amide bonds. The van der Waals surface area contributed by atoms with Crippen LogP contribution >= 0.6 is 0 Å². The van der Waals surface area contributed by atoms with E-state index in [2.05, 4.69) is 21.3 Å². The SMILES string of the molecule is CCCC(=O)Nc1cccc(NC(=O)CNc2cccc(C(=O)NC(C)(C)C)c2)c1. The Morgan fingerprint density at radius 1 is 0.833 bits per heavy atom. The largest absolute Gasteiger partial charge is 0.376 e. The van der Waals surface area contributed by atoms with Crippen LogP contribution < -0.4 is 21.3 Å². The summed E-state index contributed by atoms with van der Waals surface area (Å²) < 4.78 is 0. The van der Waals surface area contributed by atoms with Gasteiger partial charge < -0.3 is 21.3 Å². The van der Waals surface area contributed by atoms with Crippen LogP contribution in [0.5, 0.6) is 0 Å². The van der Waals surface area contributed by atoms with Gasteiger partial charge in [0.2, 0.25) is 11.8 Å². The van der Waals surface area contributed by atoms with Crippen LogP contribution in [0.15, 0.2) is 48.5 Å². The first kappa shape index (κ1) is 22.9. The number of benzene rings is 2. The zero-order valence-corrected chi connectivity index (χ0v) is 18.0. The van der Waals surface area contributed by atoms with Crippen LogP contribution in [0.25, 0.3) is 0 Å². The zero-order valence-electron chi connectivity index (χ0n) is 18.0. The van der Waals surface area contributed by atoms with E-state index in [0.29, 0.717) is 29.0 Å². The number of anilines is 3. The highest BCUT2D eigenvalue weighted by molar-refractivity contribution is 5.97. The minimum Gasteiger partial charge on any atom is -0.376 e.